The van der Waals surface area contributed by atoms with E-state index in [0.29, 0.717) is 5.56 Å². The van der Waals surface area contributed by atoms with Crippen LogP contribution in [-0.2, 0) is 19.6 Å². The van der Waals surface area contributed by atoms with Gasteiger partial charge in [-0.3, -0.25) is 24.5 Å². The number of nitro benzene ring substituents is 1. The van der Waals surface area contributed by atoms with Crippen LogP contribution in [0.25, 0.3) is 0 Å². The van der Waals surface area contributed by atoms with E-state index in [0.717, 1.165) is 11.0 Å². The largest absolute Gasteiger partial charge is 0.319 e. The molecule has 13 heteroatoms. The first kappa shape index (κ1) is 26.9. The maximum Gasteiger partial charge on any atom is 0.288 e. The van der Waals surface area contributed by atoms with Crippen LogP contribution in [-0.4, -0.2) is 42.0 Å². The fourth-order valence-electron chi connectivity index (χ4n) is 4.30. The lowest BCUT2D eigenvalue weighted by Crippen LogP contribution is -2.46. The van der Waals surface area contributed by atoms with Crippen LogP contribution in [0.15, 0.2) is 77.7 Å². The van der Waals surface area contributed by atoms with Crippen molar-refractivity contribution >= 4 is 50.7 Å². The number of hydrogen-bond acceptors (Lipinski definition) is 7. The summed E-state index contributed by atoms with van der Waals surface area (Å²) in [6.45, 7) is 1.68. The van der Waals surface area contributed by atoms with Gasteiger partial charge in [-0.15, -0.1) is 0 Å². The number of carbonyl (C=O) groups excluding carboxylic acids is 3. The van der Waals surface area contributed by atoms with Crippen molar-refractivity contribution in [3.63, 3.8) is 0 Å². The van der Waals surface area contributed by atoms with E-state index in [9.17, 15) is 32.9 Å². The number of benzene rings is 3. The lowest BCUT2D eigenvalue weighted by atomic mass is 10.0. The van der Waals surface area contributed by atoms with Crippen molar-refractivity contribution in [3.05, 3.63) is 99.1 Å². The van der Waals surface area contributed by atoms with E-state index < -0.39 is 50.4 Å². The van der Waals surface area contributed by atoms with Crippen molar-refractivity contribution in [2.24, 2.45) is 5.14 Å². The lowest BCUT2D eigenvalue weighted by Gasteiger charge is -2.33. The Hall–Kier alpha value is -4.13. The summed E-state index contributed by atoms with van der Waals surface area (Å²) in [4.78, 5) is 52.9. The number of halogens is 1. The lowest BCUT2D eigenvalue weighted by molar-refractivity contribution is -0.384. The molecule has 0 aliphatic carbocycles. The molecule has 1 saturated heterocycles. The number of sulfonamides is 1. The molecule has 3 amide bonds. The van der Waals surface area contributed by atoms with E-state index in [1.807, 2.05) is 0 Å². The van der Waals surface area contributed by atoms with Gasteiger partial charge in [-0.05, 0) is 48.9 Å². The third kappa shape index (κ3) is 5.14. The monoisotopic (exact) mass is 556 g/mol. The van der Waals surface area contributed by atoms with Crippen molar-refractivity contribution in [1.29, 1.82) is 0 Å². The first-order chi connectivity index (χ1) is 17.9. The van der Waals surface area contributed by atoms with E-state index in [1.165, 1.54) is 41.3 Å². The molecule has 3 aromatic carbocycles. The zero-order valence-corrected chi connectivity index (χ0v) is 21.4. The molecule has 4 rings (SSSR count). The van der Waals surface area contributed by atoms with Gasteiger partial charge in [0.1, 0.15) is 11.1 Å². The van der Waals surface area contributed by atoms with Crippen molar-refractivity contribution in [2.75, 3.05) is 4.90 Å². The number of amides is 3. The zero-order chi connectivity index (χ0) is 27.8. The Labute approximate surface area is 222 Å². The predicted molar refractivity (Wildman–Crippen MR) is 138 cm³/mol. The topological polar surface area (TPSA) is 161 Å². The van der Waals surface area contributed by atoms with Gasteiger partial charge in [-0.2, -0.15) is 0 Å². The van der Waals surface area contributed by atoms with Crippen LogP contribution in [0, 0.1) is 10.1 Å². The van der Waals surface area contributed by atoms with Crippen LogP contribution >= 0.6 is 11.6 Å². The number of rotatable bonds is 7. The molecule has 0 aromatic heterocycles. The summed E-state index contributed by atoms with van der Waals surface area (Å²) in [5.41, 5.74) is 0.215. The molecule has 0 radical (unpaired) electrons. The SMILES string of the molecule is CC(c1ccccc1)N(C(=O)c1ccc(Cl)c([N+](=O)[O-])c1)C1CC(=O)N(c2ccc(S(N)(=O)=O)cc2)C1=O. The third-order valence-corrected chi connectivity index (χ3v) is 7.45. The molecule has 1 heterocycles. The molecule has 1 aliphatic heterocycles. The Morgan fingerprint density at radius 2 is 1.74 bits per heavy atom. The van der Waals surface area contributed by atoms with Gasteiger partial charge >= 0.3 is 0 Å². The number of hydrogen-bond donors (Lipinski definition) is 1. The second-order valence-electron chi connectivity index (χ2n) is 8.55. The Morgan fingerprint density at radius 3 is 2.32 bits per heavy atom. The summed E-state index contributed by atoms with van der Waals surface area (Å²) >= 11 is 5.91. The smallest absolute Gasteiger partial charge is 0.288 e. The van der Waals surface area contributed by atoms with E-state index >= 15 is 0 Å². The molecule has 0 bridgehead atoms. The van der Waals surface area contributed by atoms with Gasteiger partial charge in [0, 0.05) is 11.6 Å². The summed E-state index contributed by atoms with van der Waals surface area (Å²) in [5, 5.41) is 16.4. The first-order valence-corrected chi connectivity index (χ1v) is 13.1. The van der Waals surface area contributed by atoms with Gasteiger partial charge in [0.2, 0.25) is 15.9 Å². The quantitative estimate of drug-likeness (QED) is 0.265. The molecular weight excluding hydrogens is 536 g/mol. The number of imide groups is 1. The van der Waals surface area contributed by atoms with Gasteiger partial charge in [-0.1, -0.05) is 41.9 Å². The highest BCUT2D eigenvalue weighted by molar-refractivity contribution is 7.89. The molecule has 0 saturated carbocycles. The standard InChI is InChI=1S/C25H21ClN4O7S/c1-15(16-5-3-2-4-6-16)28(24(32)17-7-12-20(26)21(13-17)30(34)35)22-14-23(31)29(25(22)33)18-8-10-19(11-9-18)38(27,36)37/h2-13,15,22H,14H2,1H3,(H2,27,36,37). The van der Waals surface area contributed by atoms with E-state index in [2.05, 4.69) is 0 Å². The van der Waals surface area contributed by atoms with Crippen LogP contribution in [0.1, 0.15) is 35.3 Å². The highest BCUT2D eigenvalue weighted by atomic mass is 35.5. The molecule has 2 N–H and O–H groups in total. The van der Waals surface area contributed by atoms with Crippen LogP contribution in [0.3, 0.4) is 0 Å². The van der Waals surface area contributed by atoms with Gasteiger partial charge in [-0.25, -0.2) is 18.5 Å². The van der Waals surface area contributed by atoms with Crippen molar-refractivity contribution in [2.45, 2.75) is 30.3 Å². The van der Waals surface area contributed by atoms with E-state index in [-0.39, 0.29) is 27.6 Å². The normalized spacial score (nSPS) is 16.4. The third-order valence-electron chi connectivity index (χ3n) is 6.21. The summed E-state index contributed by atoms with van der Waals surface area (Å²) in [7, 11) is -3.99. The molecule has 2 atom stereocenters. The number of primary sulfonamides is 1. The maximum atomic E-state index is 13.8. The Morgan fingerprint density at radius 1 is 1.11 bits per heavy atom. The molecule has 38 heavy (non-hydrogen) atoms. The minimum Gasteiger partial charge on any atom is -0.319 e. The summed E-state index contributed by atoms with van der Waals surface area (Å²) in [5.74, 6) is -2.03. The second-order valence-corrected chi connectivity index (χ2v) is 10.5. The van der Waals surface area contributed by atoms with Gasteiger partial charge < -0.3 is 4.90 Å². The molecule has 1 aliphatic rings. The summed E-state index contributed by atoms with van der Waals surface area (Å²) in [6.07, 6.45) is -0.353. The van der Waals surface area contributed by atoms with Crippen molar-refractivity contribution in [3.8, 4) is 0 Å². The molecule has 2 unspecified atom stereocenters. The zero-order valence-electron chi connectivity index (χ0n) is 19.9. The molecule has 0 spiro atoms. The van der Waals surface area contributed by atoms with Gasteiger partial charge in [0.15, 0.2) is 0 Å². The van der Waals surface area contributed by atoms with Crippen LogP contribution in [0.2, 0.25) is 5.02 Å². The van der Waals surface area contributed by atoms with Crippen LogP contribution in [0.4, 0.5) is 11.4 Å². The fraction of sp³-hybridized carbons (Fsp3) is 0.160. The molecule has 1 fully saturated rings. The average molecular weight is 557 g/mol. The number of nitrogens with two attached hydrogens (primary N) is 1. The van der Waals surface area contributed by atoms with Crippen molar-refractivity contribution < 1.29 is 27.7 Å². The number of carbonyl (C=O) groups is 3. The molecule has 196 valence electrons. The summed E-state index contributed by atoms with van der Waals surface area (Å²) < 4.78 is 23.2. The minimum atomic E-state index is -3.99. The minimum absolute atomic E-state index is 0.0833. The van der Waals surface area contributed by atoms with Crippen molar-refractivity contribution in [1.82, 2.24) is 4.90 Å². The predicted octanol–water partition coefficient (Wildman–Crippen LogP) is 3.43. The summed E-state index contributed by atoms with van der Waals surface area (Å²) in [6, 6.07) is 15.3. The van der Waals surface area contributed by atoms with Gasteiger partial charge in [0.25, 0.3) is 17.5 Å². The second kappa shape index (κ2) is 10.3. The van der Waals surface area contributed by atoms with Gasteiger partial charge in [0.05, 0.1) is 28.0 Å². The molecular formula is C25H21ClN4O7S. The Kier molecular flexibility index (Phi) is 7.31. The Balaban J connectivity index is 1.75. The number of nitro groups is 1. The highest BCUT2D eigenvalue weighted by Gasteiger charge is 2.46. The van der Waals surface area contributed by atoms with E-state index in [4.69, 9.17) is 16.7 Å². The Bertz CT molecular complexity index is 1550. The number of anilines is 1. The average Bonchev–Trinajstić information content (AvgIpc) is 3.17. The van der Waals surface area contributed by atoms with Crippen LogP contribution < -0.4 is 10.0 Å². The molecule has 3 aromatic rings. The fourth-order valence-corrected chi connectivity index (χ4v) is 5.01. The maximum absolute atomic E-state index is 13.8. The van der Waals surface area contributed by atoms with E-state index in [1.54, 1.807) is 37.3 Å². The first-order valence-electron chi connectivity index (χ1n) is 11.2. The highest BCUT2D eigenvalue weighted by Crippen LogP contribution is 2.34. The molecule has 11 nitrogen and oxygen atoms in total. The van der Waals surface area contributed by atoms with Crippen LogP contribution in [0.5, 0.6) is 0 Å². The number of nitrogens with zero attached hydrogens (tertiary/aromatic N) is 3.